The van der Waals surface area contributed by atoms with Crippen LogP contribution < -0.4 is 0 Å². The fourth-order valence-electron chi connectivity index (χ4n) is 0.893. The Labute approximate surface area is 75.8 Å². The molecule has 1 heteroatoms. The maximum Gasteiger partial charge on any atom is 0.0920 e. The maximum absolute atomic E-state index is 9.05. The highest BCUT2D eigenvalue weighted by Crippen LogP contribution is 2.04. The molecule has 0 saturated heterocycles. The van der Waals surface area contributed by atoms with Crippen LogP contribution in [0, 0.1) is 0 Å². The Hall–Kier alpha value is -0.720. The number of rotatable bonds is 5. The molecule has 0 atom stereocenters. The molecule has 0 aliphatic carbocycles. The molecule has 1 N–H and O–H groups in total. The Balaban J connectivity index is 3.56. The number of allylic oxidation sites excluding steroid dienone is 4. The summed E-state index contributed by atoms with van der Waals surface area (Å²) in [5.74, 6) is 0.418. The summed E-state index contributed by atoms with van der Waals surface area (Å²) in [7, 11) is 0. The second-order valence-corrected chi connectivity index (χ2v) is 3.17. The Morgan fingerprint density at radius 2 is 1.92 bits per heavy atom. The van der Waals surface area contributed by atoms with E-state index in [2.05, 4.69) is 13.0 Å². The summed E-state index contributed by atoms with van der Waals surface area (Å²) in [6, 6.07) is 0. The van der Waals surface area contributed by atoms with E-state index in [1.807, 2.05) is 13.0 Å². The van der Waals surface area contributed by atoms with Gasteiger partial charge in [-0.1, -0.05) is 31.9 Å². The quantitative estimate of drug-likeness (QED) is 0.374. The van der Waals surface area contributed by atoms with Gasteiger partial charge in [-0.2, -0.15) is 0 Å². The summed E-state index contributed by atoms with van der Waals surface area (Å²) in [5.41, 5.74) is 0.964. The second-order valence-electron chi connectivity index (χ2n) is 3.17. The lowest BCUT2D eigenvalue weighted by Crippen LogP contribution is -1.77. The molecule has 0 radical (unpaired) electrons. The van der Waals surface area contributed by atoms with Crippen molar-refractivity contribution in [3.63, 3.8) is 0 Å². The van der Waals surface area contributed by atoms with Crippen molar-refractivity contribution in [2.75, 3.05) is 0 Å². The van der Waals surface area contributed by atoms with E-state index in [0.29, 0.717) is 5.76 Å². The molecule has 0 rings (SSSR count). The zero-order valence-electron chi connectivity index (χ0n) is 8.43. The molecule has 0 aromatic rings. The molecule has 70 valence electrons. The van der Waals surface area contributed by atoms with Crippen molar-refractivity contribution in [3.05, 3.63) is 23.5 Å². The standard InChI is InChI=1S/C11H20O/c1-4-5-6-7-8-9-10(2)11(3)12/h8-9,12H,4-7H2,1-3H3/b9-8+,11-10+. The molecule has 0 unspecified atom stereocenters. The minimum atomic E-state index is 0.418. The van der Waals surface area contributed by atoms with Gasteiger partial charge in [0.15, 0.2) is 0 Å². The van der Waals surface area contributed by atoms with Crippen LogP contribution in [0.3, 0.4) is 0 Å². The van der Waals surface area contributed by atoms with E-state index in [-0.39, 0.29) is 0 Å². The van der Waals surface area contributed by atoms with Crippen molar-refractivity contribution >= 4 is 0 Å². The van der Waals surface area contributed by atoms with Crippen molar-refractivity contribution in [2.24, 2.45) is 0 Å². The van der Waals surface area contributed by atoms with Gasteiger partial charge in [0.2, 0.25) is 0 Å². The molecule has 0 heterocycles. The Bertz CT molecular complexity index is 162. The first kappa shape index (κ1) is 11.3. The van der Waals surface area contributed by atoms with Crippen LogP contribution in [0.25, 0.3) is 0 Å². The highest BCUT2D eigenvalue weighted by molar-refractivity contribution is 5.17. The van der Waals surface area contributed by atoms with Gasteiger partial charge in [0.1, 0.15) is 0 Å². The molecule has 0 bridgehead atoms. The van der Waals surface area contributed by atoms with E-state index in [0.717, 1.165) is 12.0 Å². The molecular formula is C11H20O. The zero-order valence-corrected chi connectivity index (χ0v) is 8.43. The molecule has 0 aromatic carbocycles. The van der Waals surface area contributed by atoms with E-state index in [4.69, 9.17) is 5.11 Å². The Kier molecular flexibility index (Phi) is 6.54. The lowest BCUT2D eigenvalue weighted by molar-refractivity contribution is 0.409. The molecule has 12 heavy (non-hydrogen) atoms. The minimum Gasteiger partial charge on any atom is -0.512 e. The van der Waals surface area contributed by atoms with Crippen LogP contribution in [0.2, 0.25) is 0 Å². The normalized spacial score (nSPS) is 13.6. The molecule has 0 saturated carbocycles. The van der Waals surface area contributed by atoms with Crippen LogP contribution in [-0.4, -0.2) is 5.11 Å². The SMILES string of the molecule is CCCCC/C=C/C(C)=C(\C)O. The van der Waals surface area contributed by atoms with Gasteiger partial charge >= 0.3 is 0 Å². The van der Waals surface area contributed by atoms with Crippen LogP contribution in [0.5, 0.6) is 0 Å². The van der Waals surface area contributed by atoms with Gasteiger partial charge in [-0.05, 0) is 32.3 Å². The highest BCUT2D eigenvalue weighted by atomic mass is 16.3. The monoisotopic (exact) mass is 168 g/mol. The Morgan fingerprint density at radius 3 is 2.42 bits per heavy atom. The molecule has 0 aliphatic rings. The largest absolute Gasteiger partial charge is 0.512 e. The molecule has 0 amide bonds. The second kappa shape index (κ2) is 6.96. The van der Waals surface area contributed by atoms with Gasteiger partial charge in [0.25, 0.3) is 0 Å². The van der Waals surface area contributed by atoms with Gasteiger partial charge in [0.05, 0.1) is 5.76 Å². The number of aliphatic hydroxyl groups is 1. The summed E-state index contributed by atoms with van der Waals surface area (Å²) < 4.78 is 0. The molecule has 0 aliphatic heterocycles. The molecular weight excluding hydrogens is 148 g/mol. The summed E-state index contributed by atoms with van der Waals surface area (Å²) in [5, 5.41) is 9.05. The first-order valence-corrected chi connectivity index (χ1v) is 4.71. The van der Waals surface area contributed by atoms with Gasteiger partial charge in [-0.3, -0.25) is 0 Å². The molecule has 0 spiro atoms. The topological polar surface area (TPSA) is 20.2 Å². The van der Waals surface area contributed by atoms with E-state index < -0.39 is 0 Å². The fourth-order valence-corrected chi connectivity index (χ4v) is 0.893. The van der Waals surface area contributed by atoms with E-state index in [1.54, 1.807) is 6.92 Å². The van der Waals surface area contributed by atoms with Gasteiger partial charge in [0, 0.05) is 0 Å². The summed E-state index contributed by atoms with van der Waals surface area (Å²) in [6.45, 7) is 5.84. The molecule has 0 aromatic heterocycles. The Morgan fingerprint density at radius 1 is 1.25 bits per heavy atom. The van der Waals surface area contributed by atoms with E-state index >= 15 is 0 Å². The lowest BCUT2D eigenvalue weighted by Gasteiger charge is -1.94. The van der Waals surface area contributed by atoms with Gasteiger partial charge < -0.3 is 5.11 Å². The third kappa shape index (κ3) is 6.02. The first-order valence-electron chi connectivity index (χ1n) is 4.71. The first-order chi connectivity index (χ1) is 5.68. The van der Waals surface area contributed by atoms with Crippen LogP contribution in [0.1, 0.15) is 46.5 Å². The predicted molar refractivity (Wildman–Crippen MR) is 54.3 cm³/mol. The molecule has 1 nitrogen and oxygen atoms in total. The van der Waals surface area contributed by atoms with Crippen molar-refractivity contribution < 1.29 is 5.11 Å². The smallest absolute Gasteiger partial charge is 0.0920 e. The van der Waals surface area contributed by atoms with Crippen LogP contribution in [0.4, 0.5) is 0 Å². The van der Waals surface area contributed by atoms with Gasteiger partial charge in [-0.25, -0.2) is 0 Å². The van der Waals surface area contributed by atoms with Gasteiger partial charge in [-0.15, -0.1) is 0 Å². The van der Waals surface area contributed by atoms with Crippen molar-refractivity contribution in [2.45, 2.75) is 46.5 Å². The summed E-state index contributed by atoms with van der Waals surface area (Å²) in [6.07, 6.45) is 9.06. The number of hydrogen-bond donors (Lipinski definition) is 1. The lowest BCUT2D eigenvalue weighted by atomic mass is 10.1. The minimum absolute atomic E-state index is 0.418. The number of hydrogen-bond acceptors (Lipinski definition) is 1. The summed E-state index contributed by atoms with van der Waals surface area (Å²) >= 11 is 0. The zero-order chi connectivity index (χ0) is 9.40. The van der Waals surface area contributed by atoms with E-state index in [1.165, 1.54) is 19.3 Å². The third-order valence-corrected chi connectivity index (χ3v) is 1.91. The highest BCUT2D eigenvalue weighted by Gasteiger charge is 1.87. The third-order valence-electron chi connectivity index (χ3n) is 1.91. The van der Waals surface area contributed by atoms with Crippen molar-refractivity contribution in [1.29, 1.82) is 0 Å². The van der Waals surface area contributed by atoms with Crippen LogP contribution in [0.15, 0.2) is 23.5 Å². The average Bonchev–Trinajstić information content (AvgIpc) is 2.03. The predicted octanol–water partition coefficient (Wildman–Crippen LogP) is 3.97. The summed E-state index contributed by atoms with van der Waals surface area (Å²) in [4.78, 5) is 0. The maximum atomic E-state index is 9.05. The van der Waals surface area contributed by atoms with Crippen LogP contribution >= 0.6 is 0 Å². The molecule has 0 fully saturated rings. The van der Waals surface area contributed by atoms with Crippen LogP contribution in [-0.2, 0) is 0 Å². The number of aliphatic hydroxyl groups excluding tert-OH is 1. The van der Waals surface area contributed by atoms with Crippen molar-refractivity contribution in [1.82, 2.24) is 0 Å². The van der Waals surface area contributed by atoms with Crippen molar-refractivity contribution in [3.8, 4) is 0 Å². The average molecular weight is 168 g/mol. The fraction of sp³-hybridized carbons (Fsp3) is 0.636. The van der Waals surface area contributed by atoms with E-state index in [9.17, 15) is 0 Å². The number of unbranched alkanes of at least 4 members (excludes halogenated alkanes) is 3.